The number of aliphatic hydroxyl groups is 1. The number of anilines is 1. The summed E-state index contributed by atoms with van der Waals surface area (Å²) < 4.78 is 26.4. The summed E-state index contributed by atoms with van der Waals surface area (Å²) in [6.07, 6.45) is 3.78. The van der Waals surface area contributed by atoms with Gasteiger partial charge in [-0.1, -0.05) is 18.2 Å². The van der Waals surface area contributed by atoms with Crippen molar-refractivity contribution in [3.8, 4) is 33.8 Å². The van der Waals surface area contributed by atoms with Crippen molar-refractivity contribution in [2.75, 3.05) is 26.6 Å². The summed E-state index contributed by atoms with van der Waals surface area (Å²) >= 11 is 0. The number of nitrogen functional groups attached to an aromatic ring is 1. The number of para-hydroxylation sites is 1. The summed E-state index contributed by atoms with van der Waals surface area (Å²) in [5.74, 6) is 0.309. The molecule has 0 aliphatic heterocycles. The van der Waals surface area contributed by atoms with Crippen LogP contribution in [0.3, 0.4) is 0 Å². The quantitative estimate of drug-likeness (QED) is 0.181. The number of aromatic amines is 1. The number of H-pyrrole nitrogens is 1. The highest BCUT2D eigenvalue weighted by Crippen LogP contribution is 2.43. The van der Waals surface area contributed by atoms with Crippen LogP contribution < -0.4 is 20.5 Å². The first kappa shape index (κ1) is 27.4. The van der Waals surface area contributed by atoms with E-state index in [0.717, 1.165) is 45.1 Å². The Morgan fingerprint density at radius 3 is 2.40 bits per heavy atom. The van der Waals surface area contributed by atoms with E-state index in [0.29, 0.717) is 41.2 Å². The Labute approximate surface area is 243 Å². The third-order valence-corrected chi connectivity index (χ3v) is 8.03. The highest BCUT2D eigenvalue weighted by molar-refractivity contribution is 6.03. The average Bonchev–Trinajstić information content (AvgIpc) is 3.41. The Balaban J connectivity index is 1.43. The van der Waals surface area contributed by atoms with Crippen LogP contribution in [-0.4, -0.2) is 42.9 Å². The number of aromatic nitrogens is 1. The Hall–Kier alpha value is -4.82. The second kappa shape index (κ2) is 11.2. The predicted octanol–water partition coefficient (Wildman–Crippen LogP) is 5.67. The zero-order valence-corrected chi connectivity index (χ0v) is 23.5. The highest BCUT2D eigenvalue weighted by atomic mass is 19.1. The number of methoxy groups -OCH3 is 2. The number of fused-ring (bicyclic) bond motifs is 4. The van der Waals surface area contributed by atoms with E-state index in [1.807, 2.05) is 54.7 Å². The summed E-state index contributed by atoms with van der Waals surface area (Å²) in [4.78, 5) is 17.2. The molecule has 1 atom stereocenters. The van der Waals surface area contributed by atoms with Gasteiger partial charge in [0, 0.05) is 33.9 Å². The lowest BCUT2D eigenvalue weighted by Gasteiger charge is -2.25. The number of halogens is 1. The van der Waals surface area contributed by atoms with Gasteiger partial charge in [-0.2, -0.15) is 0 Å². The number of carbonyl (C=O) groups is 1. The predicted molar refractivity (Wildman–Crippen MR) is 163 cm³/mol. The van der Waals surface area contributed by atoms with Crippen molar-refractivity contribution in [1.82, 2.24) is 10.3 Å². The summed E-state index contributed by atoms with van der Waals surface area (Å²) in [6, 6.07) is 19.4. The molecule has 1 heterocycles. The molecular formula is C34H32FN3O4. The number of benzene rings is 4. The molecule has 5 N–H and O–H groups in total. The molecule has 1 aliphatic rings. The zero-order chi connectivity index (χ0) is 29.4. The third-order valence-electron chi connectivity index (χ3n) is 8.03. The molecule has 0 saturated carbocycles. The topological polar surface area (TPSA) is 110 Å². The minimum atomic E-state index is -0.562. The van der Waals surface area contributed by atoms with Gasteiger partial charge in [-0.05, 0) is 101 Å². The molecule has 1 aliphatic carbocycles. The fourth-order valence-corrected chi connectivity index (χ4v) is 5.90. The lowest BCUT2D eigenvalue weighted by molar-refractivity contribution is 0.0917. The highest BCUT2D eigenvalue weighted by Gasteiger charge is 2.26. The van der Waals surface area contributed by atoms with Crippen molar-refractivity contribution in [3.05, 3.63) is 101 Å². The van der Waals surface area contributed by atoms with E-state index in [4.69, 9.17) is 15.2 Å². The molecule has 6 rings (SSSR count). The average molecular weight is 566 g/mol. The first-order chi connectivity index (χ1) is 20.4. The molecule has 42 heavy (non-hydrogen) atoms. The Morgan fingerprint density at radius 2 is 1.67 bits per heavy atom. The smallest absolute Gasteiger partial charge is 0.252 e. The van der Waals surface area contributed by atoms with E-state index >= 15 is 4.39 Å². The lowest BCUT2D eigenvalue weighted by Crippen LogP contribution is -2.39. The number of rotatable bonds is 8. The van der Waals surface area contributed by atoms with E-state index < -0.39 is 17.8 Å². The molecule has 1 amide bonds. The first-order valence-electron chi connectivity index (χ1n) is 13.8. The van der Waals surface area contributed by atoms with E-state index in [-0.39, 0.29) is 12.2 Å². The summed E-state index contributed by atoms with van der Waals surface area (Å²) in [5.41, 5.74) is 13.0. The molecule has 4 aromatic carbocycles. The van der Waals surface area contributed by atoms with Crippen LogP contribution in [0.15, 0.2) is 72.9 Å². The van der Waals surface area contributed by atoms with Crippen LogP contribution in [0.2, 0.25) is 0 Å². The molecule has 7 nitrogen and oxygen atoms in total. The maximum Gasteiger partial charge on any atom is 0.252 e. The second-order valence-corrected chi connectivity index (χ2v) is 10.6. The van der Waals surface area contributed by atoms with Crippen LogP contribution in [0.1, 0.15) is 27.0 Å². The third kappa shape index (κ3) is 4.94. The number of aliphatic hydroxyl groups excluding tert-OH is 1. The lowest BCUT2D eigenvalue weighted by atomic mass is 9.81. The largest absolute Gasteiger partial charge is 0.493 e. The van der Waals surface area contributed by atoms with Gasteiger partial charge in [0.2, 0.25) is 0 Å². The Morgan fingerprint density at radius 1 is 0.952 bits per heavy atom. The van der Waals surface area contributed by atoms with Crippen molar-refractivity contribution in [2.45, 2.75) is 25.3 Å². The summed E-state index contributed by atoms with van der Waals surface area (Å²) in [7, 11) is 3.19. The fourth-order valence-electron chi connectivity index (χ4n) is 5.90. The monoisotopic (exact) mass is 565 g/mol. The minimum Gasteiger partial charge on any atom is -0.493 e. The molecule has 0 radical (unpaired) electrons. The van der Waals surface area contributed by atoms with Crippen molar-refractivity contribution >= 4 is 22.5 Å². The number of hydrogen-bond acceptors (Lipinski definition) is 5. The van der Waals surface area contributed by atoms with Gasteiger partial charge >= 0.3 is 0 Å². The van der Waals surface area contributed by atoms with Crippen LogP contribution in [0.5, 0.6) is 11.5 Å². The number of aryl methyl sites for hydroxylation is 2. The minimum absolute atomic E-state index is 0.262. The van der Waals surface area contributed by atoms with Gasteiger partial charge in [-0.15, -0.1) is 0 Å². The number of ether oxygens (including phenoxy) is 2. The molecule has 0 bridgehead atoms. The standard InChI is InChI=1S/C34H32FN3O4/c1-41-32-13-20-8-7-19-12-28(25-10-9-22(36)14-30(25)35)29(15-26(19)27(20)16-33(32)42-2)34(40)38-23(18-39)11-21-17-37-31-6-4-3-5-24(21)31/h3-6,9-10,12-17,23,37,39H,7-8,11,18,36H2,1-2H3,(H,38,40). The van der Waals surface area contributed by atoms with Crippen molar-refractivity contribution in [2.24, 2.45) is 0 Å². The van der Waals surface area contributed by atoms with E-state index in [1.165, 1.54) is 6.07 Å². The molecule has 5 aromatic rings. The number of carbonyl (C=O) groups excluding carboxylic acids is 1. The molecule has 8 heteroatoms. The van der Waals surface area contributed by atoms with Gasteiger partial charge in [-0.3, -0.25) is 4.79 Å². The maximum atomic E-state index is 15.3. The van der Waals surface area contributed by atoms with Crippen molar-refractivity contribution in [1.29, 1.82) is 0 Å². The fraction of sp³-hybridized carbons (Fsp3) is 0.206. The van der Waals surface area contributed by atoms with Crippen molar-refractivity contribution in [3.63, 3.8) is 0 Å². The molecule has 1 unspecified atom stereocenters. The molecule has 214 valence electrons. The van der Waals surface area contributed by atoms with Crippen LogP contribution in [0.25, 0.3) is 33.2 Å². The summed E-state index contributed by atoms with van der Waals surface area (Å²) in [6.45, 7) is -0.262. The van der Waals surface area contributed by atoms with Crippen LogP contribution >= 0.6 is 0 Å². The van der Waals surface area contributed by atoms with Gasteiger partial charge in [0.1, 0.15) is 5.82 Å². The SMILES string of the molecule is COc1cc2c(cc1OC)-c1cc(C(=O)NC(CO)Cc3c[nH]c4ccccc34)c(-c3ccc(N)cc3F)cc1CC2. The zero-order valence-electron chi connectivity index (χ0n) is 23.5. The normalized spacial score (nSPS) is 12.9. The second-order valence-electron chi connectivity index (χ2n) is 10.6. The van der Waals surface area contributed by atoms with E-state index in [9.17, 15) is 9.90 Å². The maximum absolute atomic E-state index is 15.3. The number of amides is 1. The molecule has 0 spiro atoms. The van der Waals surface area contributed by atoms with Crippen molar-refractivity contribution < 1.29 is 23.8 Å². The first-order valence-corrected chi connectivity index (χ1v) is 13.8. The number of nitrogens with two attached hydrogens (primary N) is 1. The Kier molecular flexibility index (Phi) is 7.31. The van der Waals surface area contributed by atoms with E-state index in [2.05, 4.69) is 10.3 Å². The number of nitrogens with one attached hydrogen (secondary N) is 2. The molecule has 0 fully saturated rings. The van der Waals surface area contributed by atoms with Gasteiger partial charge in [-0.25, -0.2) is 4.39 Å². The van der Waals surface area contributed by atoms with Crippen LogP contribution in [0, 0.1) is 5.82 Å². The molecule has 0 saturated heterocycles. The number of hydrogen-bond donors (Lipinski definition) is 4. The Bertz CT molecular complexity index is 1810. The van der Waals surface area contributed by atoms with Crippen LogP contribution in [0.4, 0.5) is 10.1 Å². The van der Waals surface area contributed by atoms with Gasteiger partial charge in [0.25, 0.3) is 5.91 Å². The van der Waals surface area contributed by atoms with Gasteiger partial charge in [0.05, 0.1) is 26.9 Å². The molecular weight excluding hydrogens is 533 g/mol. The molecule has 1 aromatic heterocycles. The van der Waals surface area contributed by atoms with Gasteiger partial charge in [0.15, 0.2) is 11.5 Å². The summed E-state index contributed by atoms with van der Waals surface area (Å²) in [5, 5.41) is 14.3. The van der Waals surface area contributed by atoms with Gasteiger partial charge < -0.3 is 30.6 Å². The van der Waals surface area contributed by atoms with E-state index in [1.54, 1.807) is 26.4 Å². The van der Waals surface area contributed by atoms with Crippen LogP contribution in [-0.2, 0) is 19.3 Å².